The van der Waals surface area contributed by atoms with Crippen molar-refractivity contribution in [2.45, 2.75) is 18.7 Å². The molecule has 0 fully saturated rings. The number of ether oxygens (including phenoxy) is 1. The van der Waals surface area contributed by atoms with Crippen LogP contribution in [-0.2, 0) is 10.0 Å². The highest BCUT2D eigenvalue weighted by Crippen LogP contribution is 2.29. The third-order valence-electron chi connectivity index (χ3n) is 3.10. The van der Waals surface area contributed by atoms with Crippen molar-refractivity contribution in [3.8, 4) is 5.75 Å². The average molecular weight is 306 g/mol. The summed E-state index contributed by atoms with van der Waals surface area (Å²) in [6.45, 7) is 3.61. The van der Waals surface area contributed by atoms with Gasteiger partial charge in [0.2, 0.25) is 0 Å². The molecule has 2 aromatic rings. The number of rotatable bonds is 4. The number of nitrogen functional groups attached to an aromatic ring is 1. The van der Waals surface area contributed by atoms with Crippen LogP contribution in [-0.4, -0.2) is 15.5 Å². The number of nitrogens with one attached hydrogen (secondary N) is 1. The summed E-state index contributed by atoms with van der Waals surface area (Å²) in [5.74, 6) is 0.379. The van der Waals surface area contributed by atoms with Crippen LogP contribution in [0, 0.1) is 13.8 Å². The standard InChI is InChI=1S/C15H18N2O3S/c1-10-4-5-11(2)15(8-10)21(18,19)17-13-7-6-12(16)9-14(13)20-3/h4-9,17H,16H2,1-3H3. The summed E-state index contributed by atoms with van der Waals surface area (Å²) in [5.41, 5.74) is 8.08. The Balaban J connectivity index is 2.45. The van der Waals surface area contributed by atoms with Gasteiger partial charge in [-0.1, -0.05) is 12.1 Å². The highest BCUT2D eigenvalue weighted by molar-refractivity contribution is 7.92. The Hall–Kier alpha value is -2.21. The van der Waals surface area contributed by atoms with Crippen LogP contribution in [0.1, 0.15) is 11.1 Å². The SMILES string of the molecule is COc1cc(N)ccc1NS(=O)(=O)c1cc(C)ccc1C. The second kappa shape index (κ2) is 5.65. The fourth-order valence-corrected chi connectivity index (χ4v) is 3.39. The van der Waals surface area contributed by atoms with Crippen LogP contribution in [0.3, 0.4) is 0 Å². The Morgan fingerprint density at radius 3 is 2.48 bits per heavy atom. The summed E-state index contributed by atoms with van der Waals surface area (Å²) >= 11 is 0. The van der Waals surface area contributed by atoms with Gasteiger partial charge in [-0.15, -0.1) is 0 Å². The van der Waals surface area contributed by atoms with Gasteiger partial charge < -0.3 is 10.5 Å². The molecule has 21 heavy (non-hydrogen) atoms. The van der Waals surface area contributed by atoms with Gasteiger partial charge in [-0.3, -0.25) is 4.72 Å². The Bertz CT molecular complexity index is 770. The molecule has 0 heterocycles. The van der Waals surface area contributed by atoms with Crippen LogP contribution < -0.4 is 15.2 Å². The topological polar surface area (TPSA) is 81.4 Å². The zero-order valence-electron chi connectivity index (χ0n) is 12.2. The van der Waals surface area contributed by atoms with Gasteiger partial charge in [0.25, 0.3) is 10.0 Å². The highest BCUT2D eigenvalue weighted by Gasteiger charge is 2.19. The molecule has 0 bridgehead atoms. The summed E-state index contributed by atoms with van der Waals surface area (Å²) in [4.78, 5) is 0.251. The molecule has 0 radical (unpaired) electrons. The lowest BCUT2D eigenvalue weighted by atomic mass is 10.2. The molecule has 2 aromatic carbocycles. The van der Waals surface area contributed by atoms with Crippen LogP contribution in [0.15, 0.2) is 41.3 Å². The molecule has 0 saturated heterocycles. The third-order valence-corrected chi connectivity index (χ3v) is 4.61. The van der Waals surface area contributed by atoms with Gasteiger partial charge in [0.1, 0.15) is 5.75 Å². The van der Waals surface area contributed by atoms with E-state index in [1.807, 2.05) is 13.0 Å². The highest BCUT2D eigenvalue weighted by atomic mass is 32.2. The zero-order chi connectivity index (χ0) is 15.6. The number of hydrogen-bond acceptors (Lipinski definition) is 4. The van der Waals surface area contributed by atoms with Crippen molar-refractivity contribution >= 4 is 21.4 Å². The quantitative estimate of drug-likeness (QED) is 0.851. The minimum absolute atomic E-state index is 0.251. The lowest BCUT2D eigenvalue weighted by molar-refractivity contribution is 0.417. The summed E-state index contributed by atoms with van der Waals surface area (Å²) < 4.78 is 32.8. The molecule has 0 amide bonds. The lowest BCUT2D eigenvalue weighted by Crippen LogP contribution is -2.15. The average Bonchev–Trinajstić information content (AvgIpc) is 2.43. The monoisotopic (exact) mass is 306 g/mol. The smallest absolute Gasteiger partial charge is 0.262 e. The van der Waals surface area contributed by atoms with E-state index in [1.54, 1.807) is 37.3 Å². The molecular formula is C15H18N2O3S. The van der Waals surface area contributed by atoms with Gasteiger partial charge in [-0.25, -0.2) is 8.42 Å². The summed E-state index contributed by atoms with van der Waals surface area (Å²) in [6, 6.07) is 10.1. The molecule has 2 rings (SSSR count). The molecule has 0 atom stereocenters. The number of methoxy groups -OCH3 is 1. The van der Waals surface area contributed by atoms with Gasteiger partial charge in [0, 0.05) is 11.8 Å². The molecule has 0 saturated carbocycles. The van der Waals surface area contributed by atoms with Crippen LogP contribution in [0.2, 0.25) is 0 Å². The lowest BCUT2D eigenvalue weighted by Gasteiger charge is -2.14. The van der Waals surface area contributed by atoms with Crippen molar-refractivity contribution in [2.75, 3.05) is 17.6 Å². The second-order valence-corrected chi connectivity index (χ2v) is 6.48. The first-order valence-corrected chi connectivity index (χ1v) is 7.85. The molecule has 0 aliphatic heterocycles. The summed E-state index contributed by atoms with van der Waals surface area (Å²) in [6.07, 6.45) is 0. The van der Waals surface area contributed by atoms with E-state index in [0.29, 0.717) is 22.7 Å². The van der Waals surface area contributed by atoms with E-state index in [2.05, 4.69) is 4.72 Å². The first-order chi connectivity index (χ1) is 9.83. The minimum atomic E-state index is -3.68. The first-order valence-electron chi connectivity index (χ1n) is 6.37. The van der Waals surface area contributed by atoms with E-state index in [0.717, 1.165) is 5.56 Å². The van der Waals surface area contributed by atoms with Gasteiger partial charge in [-0.2, -0.15) is 0 Å². The van der Waals surface area contributed by atoms with E-state index in [9.17, 15) is 8.42 Å². The normalized spacial score (nSPS) is 11.2. The Morgan fingerprint density at radius 1 is 1.10 bits per heavy atom. The predicted octanol–water partition coefficient (Wildman–Crippen LogP) is 2.70. The molecule has 3 N–H and O–H groups in total. The van der Waals surface area contributed by atoms with Crippen molar-refractivity contribution in [3.05, 3.63) is 47.5 Å². The maximum Gasteiger partial charge on any atom is 0.262 e. The molecule has 0 spiro atoms. The predicted molar refractivity (Wildman–Crippen MR) is 84.1 cm³/mol. The summed E-state index contributed by atoms with van der Waals surface area (Å²) in [5, 5.41) is 0. The molecule has 112 valence electrons. The largest absolute Gasteiger partial charge is 0.494 e. The molecule has 0 aliphatic carbocycles. The summed E-state index contributed by atoms with van der Waals surface area (Å²) in [7, 11) is -2.22. The fraction of sp³-hybridized carbons (Fsp3) is 0.200. The van der Waals surface area contributed by atoms with Crippen molar-refractivity contribution in [3.63, 3.8) is 0 Å². The second-order valence-electron chi connectivity index (χ2n) is 4.83. The Morgan fingerprint density at radius 2 is 1.81 bits per heavy atom. The number of anilines is 2. The van der Waals surface area contributed by atoms with Crippen molar-refractivity contribution in [1.82, 2.24) is 0 Å². The number of aryl methyl sites for hydroxylation is 2. The molecular weight excluding hydrogens is 288 g/mol. The van der Waals surface area contributed by atoms with Crippen LogP contribution in [0.4, 0.5) is 11.4 Å². The number of sulfonamides is 1. The van der Waals surface area contributed by atoms with Gasteiger partial charge in [-0.05, 0) is 43.2 Å². The fourth-order valence-electron chi connectivity index (χ4n) is 1.99. The van der Waals surface area contributed by atoms with Crippen LogP contribution >= 0.6 is 0 Å². The Labute approximate surface area is 124 Å². The van der Waals surface area contributed by atoms with Gasteiger partial charge in [0.15, 0.2) is 0 Å². The number of benzene rings is 2. The van der Waals surface area contributed by atoms with Crippen LogP contribution in [0.25, 0.3) is 0 Å². The maximum atomic E-state index is 12.5. The van der Waals surface area contributed by atoms with E-state index in [-0.39, 0.29) is 4.90 Å². The minimum Gasteiger partial charge on any atom is -0.494 e. The molecule has 0 aromatic heterocycles. The molecule has 0 aliphatic rings. The van der Waals surface area contributed by atoms with Crippen molar-refractivity contribution < 1.29 is 13.2 Å². The van der Waals surface area contributed by atoms with Crippen molar-refractivity contribution in [1.29, 1.82) is 0 Å². The first kappa shape index (κ1) is 15.2. The van der Waals surface area contributed by atoms with Gasteiger partial charge in [0.05, 0.1) is 17.7 Å². The maximum absolute atomic E-state index is 12.5. The molecule has 5 nitrogen and oxygen atoms in total. The zero-order valence-corrected chi connectivity index (χ0v) is 13.0. The van der Waals surface area contributed by atoms with Crippen LogP contribution in [0.5, 0.6) is 5.75 Å². The number of hydrogen-bond donors (Lipinski definition) is 2. The number of nitrogens with two attached hydrogens (primary N) is 1. The van der Waals surface area contributed by atoms with E-state index in [1.165, 1.54) is 7.11 Å². The molecule has 6 heteroatoms. The molecule has 0 unspecified atom stereocenters. The third kappa shape index (κ3) is 3.28. The van der Waals surface area contributed by atoms with Crippen molar-refractivity contribution in [2.24, 2.45) is 0 Å². The van der Waals surface area contributed by atoms with Gasteiger partial charge >= 0.3 is 0 Å². The van der Waals surface area contributed by atoms with E-state index >= 15 is 0 Å². The Kier molecular flexibility index (Phi) is 4.09. The van der Waals surface area contributed by atoms with E-state index < -0.39 is 10.0 Å². The van der Waals surface area contributed by atoms with E-state index in [4.69, 9.17) is 10.5 Å².